The van der Waals surface area contributed by atoms with E-state index in [-0.39, 0.29) is 11.9 Å². The van der Waals surface area contributed by atoms with Gasteiger partial charge in [0.2, 0.25) is 0 Å². The third-order valence-corrected chi connectivity index (χ3v) is 7.01. The van der Waals surface area contributed by atoms with Gasteiger partial charge in [0.25, 0.3) is 5.91 Å². The van der Waals surface area contributed by atoms with Crippen molar-refractivity contribution in [1.82, 2.24) is 5.01 Å². The first-order valence-electron chi connectivity index (χ1n) is 9.23. The van der Waals surface area contributed by atoms with Gasteiger partial charge in [0, 0.05) is 28.5 Å². The molecule has 1 unspecified atom stereocenters. The minimum absolute atomic E-state index is 0.0154. The molecular formula is C21H19N3O2S2. The number of amides is 1. The van der Waals surface area contributed by atoms with Gasteiger partial charge in [-0.15, -0.1) is 23.1 Å². The molecule has 2 aromatic heterocycles. The zero-order chi connectivity index (χ0) is 18.9. The van der Waals surface area contributed by atoms with Gasteiger partial charge in [0.1, 0.15) is 11.5 Å². The van der Waals surface area contributed by atoms with E-state index in [4.69, 9.17) is 4.42 Å². The maximum atomic E-state index is 13.3. The largest absolute Gasteiger partial charge is 0.463 e. The number of anilines is 1. The highest BCUT2D eigenvalue weighted by Gasteiger charge is 2.35. The molecule has 7 heteroatoms. The molecule has 5 nitrogen and oxygen atoms in total. The molecule has 3 aromatic rings. The standard InChI is InChI=1S/C21H19N3O2S2/c25-21(14-23-9-12-28-19-7-2-1-5-16(19)23)24-17(20-8-4-11-27-20)13-15(22-24)18-6-3-10-26-18/h1-8,10-11,17H,9,12-14H2. The third-order valence-electron chi connectivity index (χ3n) is 4.99. The predicted molar refractivity (Wildman–Crippen MR) is 113 cm³/mol. The molecule has 0 N–H and O–H groups in total. The Bertz CT molecular complexity index is 999. The Morgan fingerprint density at radius 3 is 2.93 bits per heavy atom. The van der Waals surface area contributed by atoms with Crippen LogP contribution in [0, 0.1) is 0 Å². The van der Waals surface area contributed by atoms with Crippen molar-refractivity contribution in [3.8, 4) is 0 Å². The van der Waals surface area contributed by atoms with Gasteiger partial charge in [-0.1, -0.05) is 18.2 Å². The molecule has 0 bridgehead atoms. The quantitative estimate of drug-likeness (QED) is 0.630. The minimum atomic E-state index is -0.0676. The van der Waals surface area contributed by atoms with Crippen molar-refractivity contribution in [2.45, 2.75) is 17.4 Å². The van der Waals surface area contributed by atoms with Gasteiger partial charge in [-0.05, 0) is 35.7 Å². The van der Waals surface area contributed by atoms with Crippen LogP contribution in [0.3, 0.4) is 0 Å². The Kier molecular flexibility index (Phi) is 4.70. The van der Waals surface area contributed by atoms with E-state index in [1.54, 1.807) is 22.6 Å². The molecule has 0 radical (unpaired) electrons. The number of hydrogen-bond donors (Lipinski definition) is 0. The Hall–Kier alpha value is -2.51. The summed E-state index contributed by atoms with van der Waals surface area (Å²) in [5.74, 6) is 1.73. The maximum absolute atomic E-state index is 13.3. The first-order valence-corrected chi connectivity index (χ1v) is 11.1. The summed E-state index contributed by atoms with van der Waals surface area (Å²) in [6.07, 6.45) is 2.32. The van der Waals surface area contributed by atoms with E-state index >= 15 is 0 Å². The molecule has 0 fully saturated rings. The molecule has 0 saturated heterocycles. The van der Waals surface area contributed by atoms with Crippen molar-refractivity contribution < 1.29 is 9.21 Å². The number of nitrogens with zero attached hydrogens (tertiary/aromatic N) is 3. The van der Waals surface area contributed by atoms with Gasteiger partial charge in [0.05, 0.1) is 24.5 Å². The van der Waals surface area contributed by atoms with Crippen molar-refractivity contribution in [2.75, 3.05) is 23.7 Å². The second-order valence-electron chi connectivity index (χ2n) is 6.74. The predicted octanol–water partition coefficient (Wildman–Crippen LogP) is 4.63. The molecule has 1 atom stereocenters. The summed E-state index contributed by atoms with van der Waals surface area (Å²) in [6, 6.07) is 16.1. The second kappa shape index (κ2) is 7.48. The lowest BCUT2D eigenvalue weighted by Crippen LogP contribution is -2.40. The lowest BCUT2D eigenvalue weighted by molar-refractivity contribution is -0.131. The van der Waals surface area contributed by atoms with Crippen LogP contribution in [0.25, 0.3) is 0 Å². The van der Waals surface area contributed by atoms with Gasteiger partial charge in [-0.3, -0.25) is 4.79 Å². The van der Waals surface area contributed by atoms with E-state index in [0.29, 0.717) is 13.0 Å². The van der Waals surface area contributed by atoms with Crippen molar-refractivity contribution in [3.05, 3.63) is 70.8 Å². The normalized spacial score (nSPS) is 18.9. The van der Waals surface area contributed by atoms with Crippen molar-refractivity contribution >= 4 is 40.4 Å². The van der Waals surface area contributed by atoms with Gasteiger partial charge < -0.3 is 9.32 Å². The summed E-state index contributed by atoms with van der Waals surface area (Å²) in [4.78, 5) is 17.8. The summed E-state index contributed by atoms with van der Waals surface area (Å²) < 4.78 is 5.53. The van der Waals surface area contributed by atoms with Crippen molar-refractivity contribution in [1.29, 1.82) is 0 Å². The summed E-state index contributed by atoms with van der Waals surface area (Å²) in [5.41, 5.74) is 1.96. The monoisotopic (exact) mass is 409 g/mol. The number of furan rings is 1. The van der Waals surface area contributed by atoms with Crippen LogP contribution in [-0.2, 0) is 4.79 Å². The first-order chi connectivity index (χ1) is 13.8. The summed E-state index contributed by atoms with van der Waals surface area (Å²) >= 11 is 3.50. The van der Waals surface area contributed by atoms with E-state index in [9.17, 15) is 4.79 Å². The zero-order valence-electron chi connectivity index (χ0n) is 15.2. The molecule has 142 valence electrons. The highest BCUT2D eigenvalue weighted by molar-refractivity contribution is 7.99. The Morgan fingerprint density at radius 1 is 1.18 bits per heavy atom. The van der Waals surface area contributed by atoms with Gasteiger partial charge in [-0.25, -0.2) is 5.01 Å². The number of para-hydroxylation sites is 1. The first kappa shape index (κ1) is 17.6. The third kappa shape index (κ3) is 3.25. The molecule has 5 rings (SSSR count). The van der Waals surface area contributed by atoms with Crippen LogP contribution >= 0.6 is 23.1 Å². The van der Waals surface area contributed by atoms with Crippen LogP contribution in [0.4, 0.5) is 5.69 Å². The zero-order valence-corrected chi connectivity index (χ0v) is 16.8. The molecule has 28 heavy (non-hydrogen) atoms. The van der Waals surface area contributed by atoms with E-state index in [2.05, 4.69) is 28.2 Å². The van der Waals surface area contributed by atoms with Gasteiger partial charge in [-0.2, -0.15) is 5.10 Å². The summed E-state index contributed by atoms with van der Waals surface area (Å²) in [6.45, 7) is 1.19. The number of carbonyl (C=O) groups is 1. The summed E-state index contributed by atoms with van der Waals surface area (Å²) in [7, 11) is 0. The van der Waals surface area contributed by atoms with Crippen molar-refractivity contribution in [3.63, 3.8) is 0 Å². The van der Waals surface area contributed by atoms with Crippen LogP contribution < -0.4 is 4.90 Å². The number of benzene rings is 1. The number of hydrogen-bond acceptors (Lipinski definition) is 6. The Morgan fingerprint density at radius 2 is 2.11 bits per heavy atom. The lowest BCUT2D eigenvalue weighted by atomic mass is 10.1. The minimum Gasteiger partial charge on any atom is -0.463 e. The molecular weight excluding hydrogens is 390 g/mol. The van der Waals surface area contributed by atoms with Crippen LogP contribution in [0.5, 0.6) is 0 Å². The van der Waals surface area contributed by atoms with E-state index in [1.807, 2.05) is 47.5 Å². The van der Waals surface area contributed by atoms with Crippen LogP contribution in [-0.4, -0.2) is 35.5 Å². The molecule has 2 aliphatic rings. The van der Waals surface area contributed by atoms with Gasteiger partial charge >= 0.3 is 0 Å². The average Bonchev–Trinajstić information content (AvgIpc) is 3.49. The van der Waals surface area contributed by atoms with E-state index in [1.165, 1.54) is 4.90 Å². The smallest absolute Gasteiger partial charge is 0.262 e. The fourth-order valence-corrected chi connectivity index (χ4v) is 5.52. The topological polar surface area (TPSA) is 49.1 Å². The summed E-state index contributed by atoms with van der Waals surface area (Å²) in [5, 5.41) is 8.37. The molecule has 0 spiro atoms. The Labute approximate surface area is 171 Å². The fourth-order valence-electron chi connectivity index (χ4n) is 3.66. The average molecular weight is 410 g/mol. The molecule has 0 saturated carbocycles. The molecule has 1 amide bonds. The van der Waals surface area contributed by atoms with E-state index < -0.39 is 0 Å². The number of fused-ring (bicyclic) bond motifs is 1. The highest BCUT2D eigenvalue weighted by atomic mass is 32.2. The number of thioether (sulfide) groups is 1. The van der Waals surface area contributed by atoms with Crippen LogP contribution in [0.2, 0.25) is 0 Å². The Balaban J connectivity index is 1.42. The molecule has 4 heterocycles. The lowest BCUT2D eigenvalue weighted by Gasteiger charge is -2.32. The molecule has 1 aromatic carbocycles. The highest BCUT2D eigenvalue weighted by Crippen LogP contribution is 2.37. The van der Waals surface area contributed by atoms with Gasteiger partial charge in [0.15, 0.2) is 0 Å². The fraction of sp³-hybridized carbons (Fsp3) is 0.238. The maximum Gasteiger partial charge on any atom is 0.262 e. The number of carbonyl (C=O) groups excluding carboxylic acids is 1. The van der Waals surface area contributed by atoms with Crippen LogP contribution in [0.15, 0.2) is 74.6 Å². The van der Waals surface area contributed by atoms with Crippen molar-refractivity contribution in [2.24, 2.45) is 5.10 Å². The molecule has 2 aliphatic heterocycles. The SMILES string of the molecule is O=C(CN1CCSc2ccccc21)N1N=C(c2ccco2)CC1c1cccs1. The number of thiophene rings is 1. The second-order valence-corrected chi connectivity index (χ2v) is 8.85. The number of hydrazone groups is 1. The van der Waals surface area contributed by atoms with E-state index in [0.717, 1.165) is 34.3 Å². The van der Waals surface area contributed by atoms with Crippen LogP contribution in [0.1, 0.15) is 23.1 Å². The molecule has 0 aliphatic carbocycles. The number of rotatable bonds is 4.